The van der Waals surface area contributed by atoms with Gasteiger partial charge in [0.15, 0.2) is 5.82 Å². The van der Waals surface area contributed by atoms with E-state index in [0.717, 1.165) is 10.9 Å². The normalized spacial score (nSPS) is 11.2. The maximum Gasteiger partial charge on any atom is 0.222 e. The average Bonchev–Trinajstić information content (AvgIpc) is 2.56. The largest absolute Gasteiger partial charge is 0.309 e. The predicted molar refractivity (Wildman–Crippen MR) is 74.1 cm³/mol. The summed E-state index contributed by atoms with van der Waals surface area (Å²) in [6.45, 7) is 5.70. The van der Waals surface area contributed by atoms with Crippen LogP contribution in [0.2, 0.25) is 5.02 Å². The lowest BCUT2D eigenvalue weighted by atomic mass is 10.0. The molecule has 1 aromatic carbocycles. The van der Waals surface area contributed by atoms with Crippen molar-refractivity contribution in [2.24, 2.45) is 7.05 Å². The number of amides is 1. The lowest BCUT2D eigenvalue weighted by Crippen LogP contribution is -2.06. The van der Waals surface area contributed by atoms with Crippen LogP contribution in [-0.4, -0.2) is 15.7 Å². The third-order valence-electron chi connectivity index (χ3n) is 2.89. The van der Waals surface area contributed by atoms with Gasteiger partial charge in [-0.05, 0) is 17.5 Å². The lowest BCUT2D eigenvalue weighted by molar-refractivity contribution is -0.114. The molecule has 1 N–H and O–H groups in total. The fourth-order valence-electron chi connectivity index (χ4n) is 2.13. The van der Waals surface area contributed by atoms with Crippen LogP contribution in [-0.2, 0) is 11.8 Å². The summed E-state index contributed by atoms with van der Waals surface area (Å²) >= 11 is 6.23. The minimum atomic E-state index is -0.152. The molecule has 4 nitrogen and oxygen atoms in total. The van der Waals surface area contributed by atoms with E-state index < -0.39 is 0 Å². The molecule has 5 heteroatoms. The Labute approximate surface area is 111 Å². The highest BCUT2D eigenvalue weighted by molar-refractivity contribution is 6.36. The van der Waals surface area contributed by atoms with Crippen LogP contribution in [0.5, 0.6) is 0 Å². The quantitative estimate of drug-likeness (QED) is 0.906. The van der Waals surface area contributed by atoms with E-state index in [4.69, 9.17) is 11.6 Å². The SMILES string of the molecule is CC(=O)Nc1nn(C)c2c(C(C)C)ccc(Cl)c12. The molecule has 0 unspecified atom stereocenters. The van der Waals surface area contributed by atoms with Crippen molar-refractivity contribution in [2.45, 2.75) is 26.7 Å². The molecule has 0 saturated carbocycles. The molecule has 0 fully saturated rings. The first kappa shape index (κ1) is 12.9. The molecule has 96 valence electrons. The second-order valence-electron chi connectivity index (χ2n) is 4.67. The van der Waals surface area contributed by atoms with Gasteiger partial charge < -0.3 is 5.32 Å². The van der Waals surface area contributed by atoms with Crippen LogP contribution in [0.3, 0.4) is 0 Å². The van der Waals surface area contributed by atoms with E-state index in [2.05, 4.69) is 24.3 Å². The summed E-state index contributed by atoms with van der Waals surface area (Å²) in [7, 11) is 1.86. The Bertz CT molecular complexity index is 616. The summed E-state index contributed by atoms with van der Waals surface area (Å²) in [6, 6.07) is 3.86. The van der Waals surface area contributed by atoms with Gasteiger partial charge in [0.25, 0.3) is 0 Å². The van der Waals surface area contributed by atoms with Crippen LogP contribution in [0.25, 0.3) is 10.9 Å². The van der Waals surface area contributed by atoms with Gasteiger partial charge in [-0.2, -0.15) is 5.10 Å². The van der Waals surface area contributed by atoms with Crippen molar-refractivity contribution in [1.29, 1.82) is 0 Å². The zero-order valence-electron chi connectivity index (χ0n) is 10.9. The van der Waals surface area contributed by atoms with Gasteiger partial charge in [-0.3, -0.25) is 9.48 Å². The average molecular weight is 266 g/mol. The second-order valence-corrected chi connectivity index (χ2v) is 5.08. The number of rotatable bonds is 2. The van der Waals surface area contributed by atoms with E-state index in [0.29, 0.717) is 16.8 Å². The molecule has 0 saturated heterocycles. The van der Waals surface area contributed by atoms with Crippen molar-refractivity contribution in [2.75, 3.05) is 5.32 Å². The van der Waals surface area contributed by atoms with Gasteiger partial charge in [0.05, 0.1) is 15.9 Å². The van der Waals surface area contributed by atoms with Gasteiger partial charge in [0, 0.05) is 14.0 Å². The van der Waals surface area contributed by atoms with E-state index in [1.54, 1.807) is 4.68 Å². The van der Waals surface area contributed by atoms with Crippen LogP contribution in [0.15, 0.2) is 12.1 Å². The molecular formula is C13H16ClN3O. The number of carbonyl (C=O) groups excluding carboxylic acids is 1. The molecule has 0 atom stereocenters. The number of hydrogen-bond donors (Lipinski definition) is 1. The summed E-state index contributed by atoms with van der Waals surface area (Å²) in [5.41, 5.74) is 2.14. The number of anilines is 1. The number of fused-ring (bicyclic) bond motifs is 1. The van der Waals surface area contributed by atoms with E-state index in [-0.39, 0.29) is 5.91 Å². The molecule has 0 aliphatic heterocycles. The van der Waals surface area contributed by atoms with Crippen LogP contribution in [0.4, 0.5) is 5.82 Å². The monoisotopic (exact) mass is 265 g/mol. The summed E-state index contributed by atoms with van der Waals surface area (Å²) in [5, 5.41) is 8.46. The van der Waals surface area contributed by atoms with Crippen LogP contribution >= 0.6 is 11.6 Å². The molecule has 0 aliphatic rings. The fraction of sp³-hybridized carbons (Fsp3) is 0.385. The Hall–Kier alpha value is -1.55. The van der Waals surface area contributed by atoms with E-state index >= 15 is 0 Å². The highest BCUT2D eigenvalue weighted by Gasteiger charge is 2.17. The van der Waals surface area contributed by atoms with Gasteiger partial charge in [-0.1, -0.05) is 31.5 Å². The van der Waals surface area contributed by atoms with Gasteiger partial charge in [0.1, 0.15) is 0 Å². The highest BCUT2D eigenvalue weighted by atomic mass is 35.5. The molecule has 2 rings (SSSR count). The van der Waals surface area contributed by atoms with Crippen molar-refractivity contribution in [3.8, 4) is 0 Å². The third-order valence-corrected chi connectivity index (χ3v) is 3.20. The Morgan fingerprint density at radius 2 is 2.11 bits per heavy atom. The van der Waals surface area contributed by atoms with Crippen molar-refractivity contribution in [1.82, 2.24) is 9.78 Å². The smallest absolute Gasteiger partial charge is 0.222 e. The summed E-state index contributed by atoms with van der Waals surface area (Å²) in [5.74, 6) is 0.735. The zero-order valence-corrected chi connectivity index (χ0v) is 11.7. The number of hydrogen-bond acceptors (Lipinski definition) is 2. The lowest BCUT2D eigenvalue weighted by Gasteiger charge is -2.09. The maximum absolute atomic E-state index is 11.2. The van der Waals surface area contributed by atoms with Crippen molar-refractivity contribution in [3.63, 3.8) is 0 Å². The number of nitrogens with one attached hydrogen (secondary N) is 1. The number of halogens is 1. The number of carbonyl (C=O) groups is 1. The first-order valence-electron chi connectivity index (χ1n) is 5.84. The highest BCUT2D eigenvalue weighted by Crippen LogP contribution is 2.35. The van der Waals surface area contributed by atoms with E-state index in [1.807, 2.05) is 19.2 Å². The number of aromatic nitrogens is 2. The Morgan fingerprint density at radius 1 is 1.44 bits per heavy atom. The van der Waals surface area contributed by atoms with Gasteiger partial charge >= 0.3 is 0 Å². The molecule has 0 bridgehead atoms. The minimum Gasteiger partial charge on any atom is -0.309 e. The van der Waals surface area contributed by atoms with Crippen LogP contribution in [0, 0.1) is 0 Å². The number of nitrogens with zero attached hydrogens (tertiary/aromatic N) is 2. The van der Waals surface area contributed by atoms with E-state index in [9.17, 15) is 4.79 Å². The van der Waals surface area contributed by atoms with Crippen molar-refractivity contribution < 1.29 is 4.79 Å². The second kappa shape index (κ2) is 4.61. The van der Waals surface area contributed by atoms with Gasteiger partial charge in [-0.25, -0.2) is 0 Å². The summed E-state index contributed by atoms with van der Waals surface area (Å²) in [4.78, 5) is 11.2. The first-order valence-corrected chi connectivity index (χ1v) is 6.22. The number of benzene rings is 1. The standard InChI is InChI=1S/C13H16ClN3O/c1-7(2)9-5-6-10(14)11-12(9)17(4)16-13(11)15-8(3)18/h5-7H,1-4H3,(H,15,16,18). The van der Waals surface area contributed by atoms with Gasteiger partial charge in [0.2, 0.25) is 5.91 Å². The maximum atomic E-state index is 11.2. The van der Waals surface area contributed by atoms with Crippen LogP contribution in [0.1, 0.15) is 32.3 Å². The molecule has 1 amide bonds. The molecule has 1 aromatic heterocycles. The topological polar surface area (TPSA) is 46.9 Å². The van der Waals surface area contributed by atoms with Crippen molar-refractivity contribution in [3.05, 3.63) is 22.7 Å². The molecule has 18 heavy (non-hydrogen) atoms. The summed E-state index contributed by atoms with van der Waals surface area (Å²) < 4.78 is 1.77. The molecular weight excluding hydrogens is 250 g/mol. The molecule has 1 heterocycles. The van der Waals surface area contributed by atoms with Crippen LogP contribution < -0.4 is 5.32 Å². The molecule has 0 radical (unpaired) electrons. The van der Waals surface area contributed by atoms with E-state index in [1.165, 1.54) is 12.5 Å². The third kappa shape index (κ3) is 2.08. The molecule has 2 aromatic rings. The first-order chi connectivity index (χ1) is 8.41. The molecule has 0 spiro atoms. The van der Waals surface area contributed by atoms with Gasteiger partial charge in [-0.15, -0.1) is 0 Å². The zero-order chi connectivity index (χ0) is 13.4. The Morgan fingerprint density at radius 3 is 2.67 bits per heavy atom. The predicted octanol–water partition coefficient (Wildman–Crippen LogP) is 3.31. The fourth-order valence-corrected chi connectivity index (χ4v) is 2.37. The Balaban J connectivity index is 2.77. The Kier molecular flexibility index (Phi) is 3.30. The molecule has 0 aliphatic carbocycles. The summed E-state index contributed by atoms with van der Waals surface area (Å²) in [6.07, 6.45) is 0. The number of aryl methyl sites for hydroxylation is 1. The van der Waals surface area contributed by atoms with Crippen molar-refractivity contribution >= 4 is 34.2 Å². The minimum absolute atomic E-state index is 0.152.